The molecule has 1 fully saturated rings. The van der Waals surface area contributed by atoms with Crippen LogP contribution in [0.3, 0.4) is 0 Å². The standard InChI is InChI=1S/C19H26N4OS/c1-3-14(15-8-5-4-6-9-15)12-17(24)23-11-7-10-16(13-23)18-20-21-19(25)22(18)2/h4-6,8-9,14,16H,3,7,10-13H2,1-2H3,(H,21,25)/t14-,16-/m0/s1. The average Bonchev–Trinajstić information content (AvgIpc) is 2.99. The van der Waals surface area contributed by atoms with E-state index in [-0.39, 0.29) is 17.7 Å². The molecule has 2 heterocycles. The number of likely N-dealkylation sites (tertiary alicyclic amines) is 1. The molecule has 1 N–H and O–H groups in total. The summed E-state index contributed by atoms with van der Waals surface area (Å²) in [6.07, 6.45) is 3.61. The zero-order valence-electron chi connectivity index (χ0n) is 14.9. The lowest BCUT2D eigenvalue weighted by Gasteiger charge is -2.33. The number of hydrogen-bond acceptors (Lipinski definition) is 3. The smallest absolute Gasteiger partial charge is 0.223 e. The molecular weight excluding hydrogens is 332 g/mol. The summed E-state index contributed by atoms with van der Waals surface area (Å²) in [5.41, 5.74) is 1.25. The molecule has 1 aromatic heterocycles. The molecule has 0 unspecified atom stereocenters. The minimum Gasteiger partial charge on any atom is -0.342 e. The predicted octanol–water partition coefficient (Wildman–Crippen LogP) is 3.77. The van der Waals surface area contributed by atoms with E-state index in [9.17, 15) is 4.79 Å². The summed E-state index contributed by atoms with van der Waals surface area (Å²) in [4.78, 5) is 14.9. The summed E-state index contributed by atoms with van der Waals surface area (Å²) in [7, 11) is 1.93. The van der Waals surface area contributed by atoms with Gasteiger partial charge in [0.1, 0.15) is 5.82 Å². The number of rotatable bonds is 5. The van der Waals surface area contributed by atoms with Gasteiger partial charge in [-0.15, -0.1) is 0 Å². The largest absolute Gasteiger partial charge is 0.342 e. The van der Waals surface area contributed by atoms with Crippen molar-refractivity contribution in [3.05, 3.63) is 46.5 Å². The first kappa shape index (κ1) is 17.9. The Balaban J connectivity index is 1.67. The van der Waals surface area contributed by atoms with E-state index in [0.717, 1.165) is 38.2 Å². The summed E-state index contributed by atoms with van der Waals surface area (Å²) in [5, 5.41) is 7.22. The van der Waals surface area contributed by atoms with Crippen LogP contribution in [0.2, 0.25) is 0 Å². The van der Waals surface area contributed by atoms with E-state index in [1.807, 2.05) is 34.7 Å². The van der Waals surface area contributed by atoms with Crippen LogP contribution in [0.5, 0.6) is 0 Å². The molecule has 0 aliphatic carbocycles. The molecule has 1 saturated heterocycles. The van der Waals surface area contributed by atoms with Gasteiger partial charge in [0, 0.05) is 32.5 Å². The topological polar surface area (TPSA) is 53.9 Å². The molecule has 2 aromatic rings. The van der Waals surface area contributed by atoms with Crippen molar-refractivity contribution in [3.63, 3.8) is 0 Å². The number of benzene rings is 1. The van der Waals surface area contributed by atoms with Crippen molar-refractivity contribution < 1.29 is 4.79 Å². The van der Waals surface area contributed by atoms with Gasteiger partial charge in [-0.05, 0) is 43.0 Å². The number of aromatic amines is 1. The highest BCUT2D eigenvalue weighted by Gasteiger charge is 2.28. The molecule has 0 radical (unpaired) electrons. The lowest BCUT2D eigenvalue weighted by Crippen LogP contribution is -2.40. The third-order valence-corrected chi connectivity index (χ3v) is 5.60. The summed E-state index contributed by atoms with van der Waals surface area (Å²) in [6.45, 7) is 3.73. The van der Waals surface area contributed by atoms with Crippen LogP contribution in [0.15, 0.2) is 30.3 Å². The maximum Gasteiger partial charge on any atom is 0.223 e. The van der Waals surface area contributed by atoms with Crippen molar-refractivity contribution in [3.8, 4) is 0 Å². The Morgan fingerprint density at radius 3 is 2.80 bits per heavy atom. The molecule has 1 amide bonds. The van der Waals surface area contributed by atoms with Gasteiger partial charge < -0.3 is 9.47 Å². The zero-order chi connectivity index (χ0) is 17.8. The number of carbonyl (C=O) groups is 1. The Hall–Kier alpha value is -1.95. The molecule has 1 aliphatic heterocycles. The van der Waals surface area contributed by atoms with Gasteiger partial charge in [-0.2, -0.15) is 5.10 Å². The third kappa shape index (κ3) is 4.00. The second kappa shape index (κ2) is 7.95. The summed E-state index contributed by atoms with van der Waals surface area (Å²) in [6, 6.07) is 10.3. The Labute approximate surface area is 154 Å². The van der Waals surface area contributed by atoms with Gasteiger partial charge in [0.2, 0.25) is 5.91 Å². The quantitative estimate of drug-likeness (QED) is 0.828. The number of piperidine rings is 1. The number of carbonyl (C=O) groups excluding carboxylic acids is 1. The molecule has 0 saturated carbocycles. The Bertz CT molecular complexity index is 767. The summed E-state index contributed by atoms with van der Waals surface area (Å²) >= 11 is 5.22. The summed E-state index contributed by atoms with van der Waals surface area (Å²) < 4.78 is 2.56. The average molecular weight is 359 g/mol. The van der Waals surface area contributed by atoms with Crippen molar-refractivity contribution in [2.75, 3.05) is 13.1 Å². The number of nitrogens with zero attached hydrogens (tertiary/aromatic N) is 3. The first-order valence-electron chi connectivity index (χ1n) is 9.04. The zero-order valence-corrected chi connectivity index (χ0v) is 15.8. The SMILES string of the molecule is CC[C@@H](CC(=O)N1CCC[C@H](c2n[nH]c(=S)n2C)C1)c1ccccc1. The molecule has 5 nitrogen and oxygen atoms in total. The molecular formula is C19H26N4OS. The van der Waals surface area contributed by atoms with Crippen molar-refractivity contribution in [2.45, 2.75) is 44.4 Å². The van der Waals surface area contributed by atoms with Crippen molar-refractivity contribution >= 4 is 18.1 Å². The predicted molar refractivity (Wildman–Crippen MR) is 101 cm³/mol. The van der Waals surface area contributed by atoms with Crippen LogP contribution in [0.25, 0.3) is 0 Å². The minimum absolute atomic E-state index is 0.247. The second-order valence-corrected chi connectivity index (χ2v) is 7.23. The van der Waals surface area contributed by atoms with E-state index in [0.29, 0.717) is 11.2 Å². The molecule has 134 valence electrons. The van der Waals surface area contributed by atoms with E-state index in [1.54, 1.807) is 0 Å². The van der Waals surface area contributed by atoms with E-state index >= 15 is 0 Å². The van der Waals surface area contributed by atoms with Gasteiger partial charge in [-0.25, -0.2) is 0 Å². The van der Waals surface area contributed by atoms with Crippen LogP contribution in [0.1, 0.15) is 55.8 Å². The number of amides is 1. The molecule has 0 bridgehead atoms. The molecule has 2 atom stereocenters. The molecule has 6 heteroatoms. The first-order valence-corrected chi connectivity index (χ1v) is 9.45. The van der Waals surface area contributed by atoms with Crippen molar-refractivity contribution in [1.82, 2.24) is 19.7 Å². The maximum absolute atomic E-state index is 12.9. The molecule has 0 spiro atoms. The van der Waals surface area contributed by atoms with Crippen LogP contribution in [0.4, 0.5) is 0 Å². The van der Waals surface area contributed by atoms with E-state index in [2.05, 4.69) is 29.3 Å². The highest BCUT2D eigenvalue weighted by Crippen LogP contribution is 2.28. The first-order chi connectivity index (χ1) is 12.1. The fourth-order valence-corrected chi connectivity index (χ4v) is 3.84. The highest BCUT2D eigenvalue weighted by molar-refractivity contribution is 7.71. The summed E-state index contributed by atoms with van der Waals surface area (Å²) in [5.74, 6) is 1.75. The van der Waals surface area contributed by atoms with Crippen molar-refractivity contribution in [2.24, 2.45) is 7.05 Å². The van der Waals surface area contributed by atoms with Crippen LogP contribution in [0, 0.1) is 4.77 Å². The van der Waals surface area contributed by atoms with Gasteiger partial charge >= 0.3 is 0 Å². The van der Waals surface area contributed by atoms with Crippen molar-refractivity contribution in [1.29, 1.82) is 0 Å². The van der Waals surface area contributed by atoms with Gasteiger partial charge in [-0.1, -0.05) is 37.3 Å². The number of aromatic nitrogens is 3. The lowest BCUT2D eigenvalue weighted by molar-refractivity contribution is -0.132. The van der Waals surface area contributed by atoms with E-state index < -0.39 is 0 Å². The molecule has 1 aliphatic rings. The van der Waals surface area contributed by atoms with Crippen LogP contribution in [-0.4, -0.2) is 38.7 Å². The van der Waals surface area contributed by atoms with Gasteiger partial charge in [0.15, 0.2) is 4.77 Å². The highest BCUT2D eigenvalue weighted by atomic mass is 32.1. The second-order valence-electron chi connectivity index (χ2n) is 6.84. The Kier molecular flexibility index (Phi) is 5.68. The van der Waals surface area contributed by atoms with E-state index in [4.69, 9.17) is 12.2 Å². The minimum atomic E-state index is 0.247. The van der Waals surface area contributed by atoms with Crippen LogP contribution < -0.4 is 0 Å². The monoisotopic (exact) mass is 358 g/mol. The van der Waals surface area contributed by atoms with E-state index in [1.165, 1.54) is 5.56 Å². The van der Waals surface area contributed by atoms with Crippen LogP contribution >= 0.6 is 12.2 Å². The fourth-order valence-electron chi connectivity index (χ4n) is 3.70. The maximum atomic E-state index is 12.9. The molecule has 1 aromatic carbocycles. The normalized spacial score (nSPS) is 19.0. The lowest BCUT2D eigenvalue weighted by atomic mass is 9.91. The Morgan fingerprint density at radius 1 is 1.40 bits per heavy atom. The number of nitrogens with one attached hydrogen (secondary N) is 1. The Morgan fingerprint density at radius 2 is 2.16 bits per heavy atom. The van der Waals surface area contributed by atoms with Crippen LogP contribution in [-0.2, 0) is 11.8 Å². The fraction of sp³-hybridized carbons (Fsp3) is 0.526. The molecule has 25 heavy (non-hydrogen) atoms. The van der Waals surface area contributed by atoms with Gasteiger partial charge in [-0.3, -0.25) is 9.89 Å². The molecule has 3 rings (SSSR count). The van der Waals surface area contributed by atoms with Gasteiger partial charge in [0.05, 0.1) is 0 Å². The van der Waals surface area contributed by atoms with Gasteiger partial charge in [0.25, 0.3) is 0 Å². The number of hydrogen-bond donors (Lipinski definition) is 1. The third-order valence-electron chi connectivity index (χ3n) is 5.24. The number of H-pyrrole nitrogens is 1.